The van der Waals surface area contributed by atoms with Crippen LogP contribution in [-0.2, 0) is 4.79 Å². The van der Waals surface area contributed by atoms with Crippen molar-refractivity contribution in [2.75, 3.05) is 6.61 Å². The Labute approximate surface area is 60.0 Å². The summed E-state index contributed by atoms with van der Waals surface area (Å²) in [6, 6.07) is 0. The average molecular weight is 132 g/mol. The molecule has 0 aliphatic carbocycles. The Morgan fingerprint density at radius 1 is 1.62 bits per heavy atom. The summed E-state index contributed by atoms with van der Waals surface area (Å²) < 4.78 is 0. The van der Waals surface area contributed by atoms with Gasteiger partial charge in [0.05, 0.1) is 0 Å². The molecular formula is C5H13AlO2. The van der Waals surface area contributed by atoms with Crippen LogP contribution in [-0.4, -0.2) is 34.9 Å². The summed E-state index contributed by atoms with van der Waals surface area (Å²) in [5, 5.41) is 8.15. The van der Waals surface area contributed by atoms with Crippen LogP contribution >= 0.6 is 0 Å². The van der Waals surface area contributed by atoms with E-state index in [9.17, 15) is 4.79 Å². The van der Waals surface area contributed by atoms with E-state index in [-0.39, 0.29) is 29.8 Å². The Kier molecular flexibility index (Phi) is 9.87. The van der Waals surface area contributed by atoms with Crippen molar-refractivity contribution in [1.29, 1.82) is 0 Å². The first-order chi connectivity index (χ1) is 3.31. The van der Waals surface area contributed by atoms with Crippen LogP contribution in [0.3, 0.4) is 0 Å². The number of rotatable bonds is 3. The maximum Gasteiger partial charge on any atom is 0.187 e. The van der Waals surface area contributed by atoms with Gasteiger partial charge in [-0.3, -0.25) is 4.79 Å². The summed E-state index contributed by atoms with van der Waals surface area (Å²) in [7, 11) is 0. The summed E-state index contributed by atoms with van der Waals surface area (Å²) >= 11 is 0. The van der Waals surface area contributed by atoms with Crippen molar-refractivity contribution < 1.29 is 9.90 Å². The third-order valence-corrected chi connectivity index (χ3v) is 0.785. The summed E-state index contributed by atoms with van der Waals surface area (Å²) in [5.74, 6) is 0.127. The smallest absolute Gasteiger partial charge is 0.187 e. The molecule has 0 atom stereocenters. The highest BCUT2D eigenvalue weighted by Gasteiger charge is 1.92. The number of hydrogen-bond donors (Lipinski definition) is 1. The van der Waals surface area contributed by atoms with E-state index >= 15 is 0 Å². The first kappa shape index (κ1) is 11.0. The summed E-state index contributed by atoms with van der Waals surface area (Å²) in [4.78, 5) is 10.3. The van der Waals surface area contributed by atoms with E-state index in [0.29, 0.717) is 12.8 Å². The Bertz CT molecular complexity index is 63.4. The third-order valence-electron chi connectivity index (χ3n) is 0.785. The van der Waals surface area contributed by atoms with Crippen molar-refractivity contribution in [2.24, 2.45) is 0 Å². The van der Waals surface area contributed by atoms with Gasteiger partial charge in [-0.15, -0.1) is 0 Å². The van der Waals surface area contributed by atoms with Crippen molar-refractivity contribution in [1.82, 2.24) is 0 Å². The van der Waals surface area contributed by atoms with Gasteiger partial charge in [-0.05, 0) is 0 Å². The Morgan fingerprint density at radius 2 is 2.12 bits per heavy atom. The molecule has 8 heavy (non-hydrogen) atoms. The third kappa shape index (κ3) is 6.16. The lowest BCUT2D eigenvalue weighted by Gasteiger charge is -1.86. The highest BCUT2D eigenvalue weighted by Crippen LogP contribution is 1.84. The van der Waals surface area contributed by atoms with Crippen LogP contribution in [0.25, 0.3) is 0 Å². The molecule has 48 valence electrons. The van der Waals surface area contributed by atoms with Gasteiger partial charge in [0.2, 0.25) is 0 Å². The average Bonchev–Trinajstić information content (AvgIpc) is 1.68. The molecule has 0 spiro atoms. The molecule has 0 aromatic carbocycles. The SMILES string of the molecule is CCC(=O)CCO.[AlH3]. The minimum atomic E-state index is -0.00727. The topological polar surface area (TPSA) is 37.3 Å². The predicted octanol–water partition coefficient (Wildman–Crippen LogP) is -0.836. The van der Waals surface area contributed by atoms with Crippen molar-refractivity contribution >= 4 is 23.1 Å². The fourth-order valence-electron chi connectivity index (χ4n) is 0.301. The van der Waals surface area contributed by atoms with Gasteiger partial charge in [0, 0.05) is 19.4 Å². The molecule has 0 amide bonds. The van der Waals surface area contributed by atoms with E-state index in [1.807, 2.05) is 0 Å². The molecule has 0 rings (SSSR count). The second-order valence-electron chi connectivity index (χ2n) is 1.37. The number of aliphatic hydroxyl groups excluding tert-OH is 1. The van der Waals surface area contributed by atoms with E-state index in [1.165, 1.54) is 0 Å². The highest BCUT2D eigenvalue weighted by atomic mass is 27.0. The second-order valence-corrected chi connectivity index (χ2v) is 1.37. The zero-order valence-electron chi connectivity index (χ0n) is 4.48. The van der Waals surface area contributed by atoms with E-state index in [1.54, 1.807) is 6.92 Å². The highest BCUT2D eigenvalue weighted by molar-refractivity contribution is 5.77. The molecule has 0 unspecified atom stereocenters. The van der Waals surface area contributed by atoms with Gasteiger partial charge >= 0.3 is 0 Å². The van der Waals surface area contributed by atoms with Gasteiger partial charge in [-0.25, -0.2) is 0 Å². The number of hydrogen-bond acceptors (Lipinski definition) is 2. The molecule has 2 nitrogen and oxygen atoms in total. The number of aliphatic hydroxyl groups is 1. The molecular weight excluding hydrogens is 119 g/mol. The molecule has 0 bridgehead atoms. The Hall–Kier alpha value is 0.162. The zero-order valence-corrected chi connectivity index (χ0v) is 4.48. The van der Waals surface area contributed by atoms with Gasteiger partial charge in [-0.1, -0.05) is 6.92 Å². The van der Waals surface area contributed by atoms with Gasteiger partial charge in [0.1, 0.15) is 5.78 Å². The second kappa shape index (κ2) is 7.16. The lowest BCUT2D eigenvalue weighted by molar-refractivity contribution is -0.119. The summed E-state index contributed by atoms with van der Waals surface area (Å²) in [6.07, 6.45) is 0.858. The molecule has 0 aliphatic rings. The molecule has 1 N–H and O–H groups in total. The maximum absolute atomic E-state index is 10.3. The van der Waals surface area contributed by atoms with Crippen LogP contribution in [0.2, 0.25) is 0 Å². The van der Waals surface area contributed by atoms with E-state index in [2.05, 4.69) is 0 Å². The lowest BCUT2D eigenvalue weighted by Crippen LogP contribution is -1.96. The molecule has 0 aromatic rings. The van der Waals surface area contributed by atoms with Crippen LogP contribution < -0.4 is 0 Å². The van der Waals surface area contributed by atoms with E-state index in [0.717, 1.165) is 0 Å². The monoisotopic (exact) mass is 132 g/mol. The summed E-state index contributed by atoms with van der Waals surface area (Å²) in [6.45, 7) is 1.78. The Morgan fingerprint density at radius 3 is 2.25 bits per heavy atom. The Balaban J connectivity index is 0. The molecule has 0 saturated heterocycles. The first-order valence-corrected chi connectivity index (χ1v) is 2.43. The first-order valence-electron chi connectivity index (χ1n) is 2.43. The van der Waals surface area contributed by atoms with Gasteiger partial charge in [-0.2, -0.15) is 0 Å². The van der Waals surface area contributed by atoms with Crippen molar-refractivity contribution in [3.8, 4) is 0 Å². The van der Waals surface area contributed by atoms with Crippen LogP contribution in [0.15, 0.2) is 0 Å². The van der Waals surface area contributed by atoms with Gasteiger partial charge in [0.25, 0.3) is 0 Å². The van der Waals surface area contributed by atoms with Crippen molar-refractivity contribution in [3.63, 3.8) is 0 Å². The van der Waals surface area contributed by atoms with Crippen LogP contribution in [0.1, 0.15) is 19.8 Å². The van der Waals surface area contributed by atoms with Crippen LogP contribution in [0.5, 0.6) is 0 Å². The van der Waals surface area contributed by atoms with E-state index < -0.39 is 0 Å². The number of carbonyl (C=O) groups is 1. The minimum Gasteiger partial charge on any atom is -0.396 e. The van der Waals surface area contributed by atoms with Gasteiger partial charge in [0.15, 0.2) is 17.4 Å². The fraction of sp³-hybridized carbons (Fsp3) is 0.800. The summed E-state index contributed by atoms with van der Waals surface area (Å²) in [5.41, 5.74) is 0. The van der Waals surface area contributed by atoms with Crippen molar-refractivity contribution in [3.05, 3.63) is 0 Å². The zero-order chi connectivity index (χ0) is 5.70. The fourth-order valence-corrected chi connectivity index (χ4v) is 0.301. The lowest BCUT2D eigenvalue weighted by atomic mass is 10.2. The largest absolute Gasteiger partial charge is 0.396 e. The number of carbonyl (C=O) groups excluding carboxylic acids is 1. The standard InChI is InChI=1S/C5H10O2.Al.3H/c1-2-5(7)3-4-6;;;;/h6H,2-4H2,1H3;;;;. The molecule has 0 radical (unpaired) electrons. The number of ketones is 1. The van der Waals surface area contributed by atoms with Crippen LogP contribution in [0.4, 0.5) is 0 Å². The van der Waals surface area contributed by atoms with Crippen molar-refractivity contribution in [2.45, 2.75) is 19.8 Å². The molecule has 0 fully saturated rings. The maximum atomic E-state index is 10.3. The van der Waals surface area contributed by atoms with E-state index in [4.69, 9.17) is 5.11 Å². The normalized spacial score (nSPS) is 7.75. The molecule has 0 saturated carbocycles. The molecule has 0 aromatic heterocycles. The minimum absolute atomic E-state index is 0. The molecule has 3 heteroatoms. The molecule has 0 heterocycles. The molecule has 0 aliphatic heterocycles. The van der Waals surface area contributed by atoms with Crippen LogP contribution in [0, 0.1) is 0 Å². The quantitative estimate of drug-likeness (QED) is 0.508. The number of Topliss-reactive ketones (excluding diaryl/α,β-unsaturated/α-hetero) is 1. The van der Waals surface area contributed by atoms with Gasteiger partial charge < -0.3 is 5.11 Å². The predicted molar refractivity (Wildman–Crippen MR) is 36.9 cm³/mol.